The molecule has 180 valence electrons. The molecule has 2 aromatic rings. The Labute approximate surface area is 207 Å². The van der Waals surface area contributed by atoms with E-state index in [4.69, 9.17) is 12.2 Å². The van der Waals surface area contributed by atoms with Gasteiger partial charge in [-0.25, -0.2) is 4.39 Å². The Kier molecular flexibility index (Phi) is 6.69. The van der Waals surface area contributed by atoms with Gasteiger partial charge >= 0.3 is 0 Å². The molecule has 1 aromatic heterocycles. The van der Waals surface area contributed by atoms with E-state index < -0.39 is 0 Å². The first-order valence-corrected chi connectivity index (χ1v) is 13.0. The molecule has 0 saturated heterocycles. The number of hydrazine groups is 1. The highest BCUT2D eigenvalue weighted by molar-refractivity contribution is 7.80. The first-order valence-electron chi connectivity index (χ1n) is 11.8. The Balaban J connectivity index is 1.25. The van der Waals surface area contributed by atoms with Crippen LogP contribution in [0.25, 0.3) is 0 Å². The lowest BCUT2D eigenvalue weighted by Crippen LogP contribution is -2.46. The Hall–Kier alpha value is -2.72. The Bertz CT molecular complexity index is 1100. The highest BCUT2D eigenvalue weighted by Gasteiger charge is 2.34. The summed E-state index contributed by atoms with van der Waals surface area (Å²) in [6.45, 7) is 0.685. The summed E-state index contributed by atoms with van der Waals surface area (Å²) in [6, 6.07) is 6.03. The van der Waals surface area contributed by atoms with Crippen LogP contribution in [0.2, 0.25) is 0 Å². The molecule has 1 unspecified atom stereocenters. The van der Waals surface area contributed by atoms with Gasteiger partial charge in [0, 0.05) is 23.4 Å². The van der Waals surface area contributed by atoms with E-state index in [1.165, 1.54) is 23.5 Å². The van der Waals surface area contributed by atoms with Crippen LogP contribution in [0.4, 0.5) is 15.1 Å². The van der Waals surface area contributed by atoms with Crippen molar-refractivity contribution < 1.29 is 14.0 Å². The van der Waals surface area contributed by atoms with Gasteiger partial charge in [0.15, 0.2) is 5.11 Å². The zero-order valence-electron chi connectivity index (χ0n) is 18.7. The third-order valence-electron chi connectivity index (χ3n) is 6.42. The number of anilines is 2. The van der Waals surface area contributed by atoms with Crippen LogP contribution < -0.4 is 26.8 Å². The first kappa shape index (κ1) is 23.0. The number of thiocarbonyl (C=S) groups is 1. The monoisotopic (exact) mass is 501 g/mol. The summed E-state index contributed by atoms with van der Waals surface area (Å²) in [5.41, 5.74) is 8.20. The molecule has 3 aliphatic rings. The number of halogens is 1. The molecule has 5 rings (SSSR count). The molecular weight excluding hydrogens is 473 g/mol. The molecule has 7 nitrogen and oxygen atoms in total. The van der Waals surface area contributed by atoms with Gasteiger partial charge in [-0.3, -0.25) is 20.4 Å². The van der Waals surface area contributed by atoms with Gasteiger partial charge in [0.05, 0.1) is 11.3 Å². The molecule has 5 N–H and O–H groups in total. The second kappa shape index (κ2) is 9.87. The van der Waals surface area contributed by atoms with Crippen LogP contribution in [0.5, 0.6) is 0 Å². The van der Waals surface area contributed by atoms with E-state index >= 15 is 0 Å². The van der Waals surface area contributed by atoms with Crippen LogP contribution in [-0.2, 0) is 17.6 Å². The summed E-state index contributed by atoms with van der Waals surface area (Å²) < 4.78 is 13.1. The lowest BCUT2D eigenvalue weighted by molar-refractivity contribution is -0.117. The molecule has 0 spiro atoms. The van der Waals surface area contributed by atoms with Crippen molar-refractivity contribution in [1.29, 1.82) is 0 Å². The molecule has 10 heteroatoms. The fourth-order valence-electron chi connectivity index (χ4n) is 4.13. The molecule has 1 heterocycles. The van der Waals surface area contributed by atoms with Gasteiger partial charge in [0.25, 0.3) is 5.91 Å². The number of benzene rings is 1. The maximum absolute atomic E-state index is 13.2. The topological polar surface area (TPSA) is 94.3 Å². The summed E-state index contributed by atoms with van der Waals surface area (Å²) in [4.78, 5) is 26.8. The summed E-state index contributed by atoms with van der Waals surface area (Å²) >= 11 is 6.96. The van der Waals surface area contributed by atoms with Crippen LogP contribution in [0.3, 0.4) is 0 Å². The van der Waals surface area contributed by atoms with Crippen molar-refractivity contribution in [3.8, 4) is 0 Å². The molecule has 0 radical (unpaired) electrons. The van der Waals surface area contributed by atoms with E-state index in [-0.39, 0.29) is 29.6 Å². The third-order valence-corrected chi connectivity index (χ3v) is 7.85. The van der Waals surface area contributed by atoms with Crippen molar-refractivity contribution in [2.75, 3.05) is 17.3 Å². The normalized spacial score (nSPS) is 19.0. The van der Waals surface area contributed by atoms with Gasteiger partial charge in [-0.15, -0.1) is 11.3 Å². The Morgan fingerprint density at radius 2 is 1.85 bits per heavy atom. The van der Waals surface area contributed by atoms with Crippen molar-refractivity contribution >= 4 is 51.2 Å². The minimum atomic E-state index is -0.301. The van der Waals surface area contributed by atoms with Gasteiger partial charge in [0.2, 0.25) is 5.91 Å². The number of fused-ring (bicyclic) bond motifs is 1. The largest absolute Gasteiger partial charge is 0.358 e. The van der Waals surface area contributed by atoms with Gasteiger partial charge in [0.1, 0.15) is 10.8 Å². The molecule has 2 amide bonds. The average molecular weight is 502 g/mol. The minimum Gasteiger partial charge on any atom is -0.358 e. The zero-order valence-corrected chi connectivity index (χ0v) is 20.3. The van der Waals surface area contributed by atoms with Crippen molar-refractivity contribution in [2.45, 2.75) is 51.0 Å². The van der Waals surface area contributed by atoms with Crippen molar-refractivity contribution in [2.24, 2.45) is 11.8 Å². The quantitative estimate of drug-likeness (QED) is 0.280. The van der Waals surface area contributed by atoms with Gasteiger partial charge < -0.3 is 16.0 Å². The summed E-state index contributed by atoms with van der Waals surface area (Å²) in [5, 5.41) is 10.5. The van der Waals surface area contributed by atoms with Crippen molar-refractivity contribution in [3.05, 3.63) is 46.1 Å². The van der Waals surface area contributed by atoms with Gasteiger partial charge in [-0.2, -0.15) is 0 Å². The van der Waals surface area contributed by atoms with Crippen LogP contribution in [-0.4, -0.2) is 29.5 Å². The number of amides is 2. The fraction of sp³-hybridized carbons (Fsp3) is 0.458. The first-order chi connectivity index (χ1) is 16.5. The SMILES string of the molecule is O=C(NCC1CC1)c1c(NC(=O)C2CC2)sc2c1CC(NC(=S)NNc1ccc(F)cc1)CC2. The molecule has 3 aliphatic carbocycles. The highest BCUT2D eigenvalue weighted by atomic mass is 32.1. The number of carbonyl (C=O) groups is 2. The van der Waals surface area contributed by atoms with E-state index in [0.717, 1.165) is 49.0 Å². The predicted molar refractivity (Wildman–Crippen MR) is 135 cm³/mol. The van der Waals surface area contributed by atoms with Crippen molar-refractivity contribution in [1.82, 2.24) is 16.1 Å². The third kappa shape index (κ3) is 5.67. The van der Waals surface area contributed by atoms with Gasteiger partial charge in [-0.05, 0) is 92.9 Å². The molecule has 34 heavy (non-hydrogen) atoms. The van der Waals surface area contributed by atoms with E-state index in [2.05, 4.69) is 26.8 Å². The number of thiophene rings is 1. The van der Waals surface area contributed by atoms with Crippen LogP contribution in [0.1, 0.15) is 52.9 Å². The second-order valence-electron chi connectivity index (χ2n) is 9.29. The minimum absolute atomic E-state index is 0.0155. The number of carbonyl (C=O) groups excluding carboxylic acids is 2. The lowest BCUT2D eigenvalue weighted by atomic mass is 9.91. The highest BCUT2D eigenvalue weighted by Crippen LogP contribution is 2.40. The average Bonchev–Trinajstić information content (AvgIpc) is 3.74. The Morgan fingerprint density at radius 3 is 2.56 bits per heavy atom. The number of rotatable bonds is 8. The van der Waals surface area contributed by atoms with Crippen LogP contribution in [0, 0.1) is 17.7 Å². The number of aryl methyl sites for hydroxylation is 1. The predicted octanol–water partition coefficient (Wildman–Crippen LogP) is 3.72. The standard InChI is InChI=1S/C24H28FN5O2S2/c25-15-5-7-16(8-6-15)29-30-24(33)27-17-9-10-19-18(11-17)20(22(32)26-12-13-1-2-13)23(34-19)28-21(31)14-3-4-14/h5-8,13-14,17,29H,1-4,9-12H2,(H,26,32)(H,28,31)(H2,27,30,33). The summed E-state index contributed by atoms with van der Waals surface area (Å²) in [6.07, 6.45) is 6.49. The number of hydrogen-bond acceptors (Lipinski definition) is 5. The second-order valence-corrected chi connectivity index (χ2v) is 10.8. The number of nitrogens with one attached hydrogen (secondary N) is 5. The van der Waals surface area contributed by atoms with E-state index in [1.807, 2.05) is 0 Å². The summed E-state index contributed by atoms with van der Waals surface area (Å²) in [5.74, 6) is 0.267. The summed E-state index contributed by atoms with van der Waals surface area (Å²) in [7, 11) is 0. The van der Waals surface area contributed by atoms with E-state index in [0.29, 0.717) is 40.2 Å². The molecule has 1 atom stereocenters. The maximum Gasteiger partial charge on any atom is 0.254 e. The number of hydrogen-bond donors (Lipinski definition) is 5. The van der Waals surface area contributed by atoms with Crippen LogP contribution >= 0.6 is 23.6 Å². The van der Waals surface area contributed by atoms with Crippen molar-refractivity contribution in [3.63, 3.8) is 0 Å². The molecule has 1 aromatic carbocycles. The fourth-order valence-corrected chi connectivity index (χ4v) is 5.59. The maximum atomic E-state index is 13.2. The molecule has 0 aliphatic heterocycles. The zero-order chi connectivity index (χ0) is 23.7. The van der Waals surface area contributed by atoms with E-state index in [1.54, 1.807) is 12.1 Å². The smallest absolute Gasteiger partial charge is 0.254 e. The molecule has 2 saturated carbocycles. The molecule has 2 fully saturated rings. The molecule has 0 bridgehead atoms. The molecular formula is C24H28FN5O2S2. The Morgan fingerprint density at radius 1 is 1.09 bits per heavy atom. The van der Waals surface area contributed by atoms with Crippen LogP contribution in [0.15, 0.2) is 24.3 Å². The van der Waals surface area contributed by atoms with Gasteiger partial charge in [-0.1, -0.05) is 0 Å². The lowest BCUT2D eigenvalue weighted by Gasteiger charge is -2.25. The van der Waals surface area contributed by atoms with E-state index in [9.17, 15) is 14.0 Å².